The van der Waals surface area contributed by atoms with Crippen LogP contribution in [0.3, 0.4) is 0 Å². The molecule has 3 unspecified atom stereocenters. The van der Waals surface area contributed by atoms with E-state index >= 15 is 0 Å². The largest absolute Gasteiger partial charge is 0.293 e. The van der Waals surface area contributed by atoms with Crippen molar-refractivity contribution in [1.82, 2.24) is 0 Å². The second-order valence-corrected chi connectivity index (χ2v) is 7.20. The monoisotopic (exact) mass is 423 g/mol. The average molecular weight is 424 g/mol. The summed E-state index contributed by atoms with van der Waals surface area (Å²) in [5.74, 6) is -0.830. The summed E-state index contributed by atoms with van der Waals surface area (Å²) in [6, 6.07) is 25.8. The van der Waals surface area contributed by atoms with E-state index in [0.717, 1.165) is 5.56 Å². The summed E-state index contributed by atoms with van der Waals surface area (Å²) >= 11 is 3.50. The maximum absolute atomic E-state index is 13.0. The van der Waals surface area contributed by atoms with E-state index < -0.39 is 16.8 Å². The van der Waals surface area contributed by atoms with E-state index in [-0.39, 0.29) is 10.7 Å². The van der Waals surface area contributed by atoms with Crippen LogP contribution in [0, 0.1) is 10.1 Å². The molecule has 0 aliphatic rings. The molecular weight excluding hydrogens is 406 g/mol. The smallest absolute Gasteiger partial charge is 0.246 e. The normalized spacial score (nSPS) is 14.1. The number of Topliss-reactive ketones (excluding diaryl/α,β-unsaturated/α-hetero) is 1. The molecule has 3 rings (SSSR count). The molecule has 0 aromatic heterocycles. The number of ketones is 1. The van der Waals surface area contributed by atoms with Crippen LogP contribution in [-0.2, 0) is 0 Å². The molecular formula is C22H18BrNO3. The Hall–Kier alpha value is -2.79. The molecule has 0 spiro atoms. The molecule has 0 saturated heterocycles. The van der Waals surface area contributed by atoms with Gasteiger partial charge in [-0.3, -0.25) is 14.9 Å². The van der Waals surface area contributed by atoms with Gasteiger partial charge >= 0.3 is 0 Å². The van der Waals surface area contributed by atoms with Crippen molar-refractivity contribution in [3.05, 3.63) is 118 Å². The summed E-state index contributed by atoms with van der Waals surface area (Å²) in [6.45, 7) is 0. The minimum absolute atomic E-state index is 0.174. The van der Waals surface area contributed by atoms with Gasteiger partial charge in [-0.15, -0.1) is 0 Å². The zero-order chi connectivity index (χ0) is 19.2. The molecule has 0 amide bonds. The molecule has 0 N–H and O–H groups in total. The Balaban J connectivity index is 2.08. The minimum atomic E-state index is -1.05. The highest BCUT2D eigenvalue weighted by molar-refractivity contribution is 9.10. The Labute approximate surface area is 166 Å². The number of nitro groups is 1. The summed E-state index contributed by atoms with van der Waals surface area (Å²) in [6.07, 6.45) is 0. The van der Waals surface area contributed by atoms with Gasteiger partial charge in [-0.1, -0.05) is 107 Å². The van der Waals surface area contributed by atoms with Crippen LogP contribution in [0.4, 0.5) is 0 Å². The lowest BCUT2D eigenvalue weighted by atomic mass is 9.82. The van der Waals surface area contributed by atoms with Crippen molar-refractivity contribution in [2.45, 2.75) is 16.8 Å². The fraction of sp³-hybridized carbons (Fsp3) is 0.136. The molecule has 0 heterocycles. The van der Waals surface area contributed by atoms with Crippen LogP contribution in [0.1, 0.15) is 33.4 Å². The standard InChI is InChI=1S/C22H18BrNO3/c23-20(22(25)18-14-8-3-9-15-18)19(16-10-4-1-5-11-16)21(24(26)27)17-12-6-2-7-13-17/h1-15,19-21H. The Morgan fingerprint density at radius 1 is 0.778 bits per heavy atom. The van der Waals surface area contributed by atoms with Crippen LogP contribution in [0.2, 0.25) is 0 Å². The van der Waals surface area contributed by atoms with Crippen molar-refractivity contribution in [2.24, 2.45) is 0 Å². The predicted octanol–water partition coefficient (Wildman–Crippen LogP) is 5.43. The molecule has 0 saturated carbocycles. The SMILES string of the molecule is O=C(c1ccccc1)C(Br)C(c1ccccc1)C(c1ccccc1)[N+](=O)[O-]. The van der Waals surface area contributed by atoms with E-state index in [1.807, 2.05) is 42.5 Å². The molecule has 0 radical (unpaired) electrons. The molecule has 5 heteroatoms. The maximum atomic E-state index is 13.0. The summed E-state index contributed by atoms with van der Waals surface area (Å²) < 4.78 is 0. The van der Waals surface area contributed by atoms with Gasteiger partial charge in [0.25, 0.3) is 0 Å². The maximum Gasteiger partial charge on any atom is 0.246 e. The van der Waals surface area contributed by atoms with E-state index in [1.165, 1.54) is 0 Å². The van der Waals surface area contributed by atoms with Gasteiger partial charge in [0.15, 0.2) is 5.78 Å². The fourth-order valence-corrected chi connectivity index (χ4v) is 4.08. The van der Waals surface area contributed by atoms with E-state index in [4.69, 9.17) is 0 Å². The molecule has 0 aliphatic heterocycles. The molecule has 4 nitrogen and oxygen atoms in total. The highest BCUT2D eigenvalue weighted by Gasteiger charge is 2.42. The van der Waals surface area contributed by atoms with Gasteiger partial charge in [-0.05, 0) is 5.56 Å². The van der Waals surface area contributed by atoms with Gasteiger partial charge in [0.05, 0.1) is 10.7 Å². The topological polar surface area (TPSA) is 60.2 Å². The fourth-order valence-electron chi connectivity index (χ4n) is 3.22. The lowest BCUT2D eigenvalue weighted by molar-refractivity contribution is -0.533. The minimum Gasteiger partial charge on any atom is -0.293 e. The number of alkyl halides is 1. The van der Waals surface area contributed by atoms with Crippen LogP contribution < -0.4 is 0 Å². The van der Waals surface area contributed by atoms with Crippen molar-refractivity contribution >= 4 is 21.7 Å². The third kappa shape index (κ3) is 4.31. The zero-order valence-electron chi connectivity index (χ0n) is 14.4. The van der Waals surface area contributed by atoms with Crippen LogP contribution in [0.5, 0.6) is 0 Å². The highest BCUT2D eigenvalue weighted by Crippen LogP contribution is 2.40. The molecule has 0 fully saturated rings. The van der Waals surface area contributed by atoms with Gasteiger partial charge in [-0.2, -0.15) is 0 Å². The van der Waals surface area contributed by atoms with Crippen molar-refractivity contribution in [3.8, 4) is 0 Å². The third-order valence-electron chi connectivity index (χ3n) is 4.52. The summed E-state index contributed by atoms with van der Waals surface area (Å²) in [5, 5.41) is 12.1. The molecule has 0 aliphatic carbocycles. The van der Waals surface area contributed by atoms with Gasteiger partial charge in [0.2, 0.25) is 6.04 Å². The van der Waals surface area contributed by atoms with Crippen LogP contribution in [-0.4, -0.2) is 15.5 Å². The molecule has 27 heavy (non-hydrogen) atoms. The first-order valence-electron chi connectivity index (χ1n) is 8.56. The Morgan fingerprint density at radius 2 is 1.22 bits per heavy atom. The van der Waals surface area contributed by atoms with Crippen molar-refractivity contribution in [2.75, 3.05) is 0 Å². The average Bonchev–Trinajstić information content (AvgIpc) is 2.72. The Bertz CT molecular complexity index is 901. The van der Waals surface area contributed by atoms with Gasteiger partial charge in [-0.25, -0.2) is 0 Å². The van der Waals surface area contributed by atoms with E-state index in [1.54, 1.807) is 48.5 Å². The first kappa shape index (κ1) is 19.0. The predicted molar refractivity (Wildman–Crippen MR) is 109 cm³/mol. The Kier molecular flexibility index (Phi) is 6.14. The summed E-state index contributed by atoms with van der Waals surface area (Å²) in [4.78, 5) is 24.1. The summed E-state index contributed by atoms with van der Waals surface area (Å²) in [5.41, 5.74) is 1.84. The second-order valence-electron chi connectivity index (χ2n) is 6.21. The van der Waals surface area contributed by atoms with Crippen molar-refractivity contribution < 1.29 is 9.72 Å². The first-order valence-corrected chi connectivity index (χ1v) is 9.48. The number of benzene rings is 3. The Morgan fingerprint density at radius 3 is 1.70 bits per heavy atom. The zero-order valence-corrected chi connectivity index (χ0v) is 16.0. The molecule has 136 valence electrons. The van der Waals surface area contributed by atoms with Gasteiger partial charge < -0.3 is 0 Å². The van der Waals surface area contributed by atoms with Gasteiger partial charge in [0.1, 0.15) is 0 Å². The molecule has 0 bridgehead atoms. The summed E-state index contributed by atoms with van der Waals surface area (Å²) in [7, 11) is 0. The lowest BCUT2D eigenvalue weighted by Gasteiger charge is -2.25. The third-order valence-corrected chi connectivity index (χ3v) is 5.50. The second kappa shape index (κ2) is 8.73. The van der Waals surface area contributed by atoms with Crippen molar-refractivity contribution in [1.29, 1.82) is 0 Å². The lowest BCUT2D eigenvalue weighted by Crippen LogP contribution is -2.31. The van der Waals surface area contributed by atoms with E-state index in [2.05, 4.69) is 15.9 Å². The number of carbonyl (C=O) groups is 1. The number of nitrogens with zero attached hydrogens (tertiary/aromatic N) is 1. The van der Waals surface area contributed by atoms with Crippen LogP contribution in [0.25, 0.3) is 0 Å². The molecule has 3 atom stereocenters. The van der Waals surface area contributed by atoms with Crippen LogP contribution in [0.15, 0.2) is 91.0 Å². The number of halogens is 1. The molecule has 3 aromatic rings. The quantitative estimate of drug-likeness (QED) is 0.220. The molecule has 3 aromatic carbocycles. The number of hydrogen-bond donors (Lipinski definition) is 0. The van der Waals surface area contributed by atoms with Crippen molar-refractivity contribution in [3.63, 3.8) is 0 Å². The highest BCUT2D eigenvalue weighted by atomic mass is 79.9. The number of rotatable bonds is 7. The van der Waals surface area contributed by atoms with Gasteiger partial charge in [0, 0.05) is 16.1 Å². The first-order chi connectivity index (χ1) is 13.1. The number of carbonyl (C=O) groups excluding carboxylic acids is 1. The van der Waals surface area contributed by atoms with E-state index in [0.29, 0.717) is 11.1 Å². The van der Waals surface area contributed by atoms with Crippen LogP contribution >= 0.6 is 15.9 Å². The van der Waals surface area contributed by atoms with E-state index in [9.17, 15) is 14.9 Å². The number of hydrogen-bond acceptors (Lipinski definition) is 3.